The summed E-state index contributed by atoms with van der Waals surface area (Å²) in [6.07, 6.45) is 0. The molecule has 674 valence electrons. The fourth-order valence-electron chi connectivity index (χ4n) is 22.0. The number of rotatable bonds is 11. The maximum absolute atomic E-state index is 19.7. The van der Waals surface area contributed by atoms with Crippen molar-refractivity contribution in [1.82, 2.24) is 0 Å². The van der Waals surface area contributed by atoms with Crippen molar-refractivity contribution >= 4 is 267 Å². The van der Waals surface area contributed by atoms with Crippen LogP contribution in [0.3, 0.4) is 0 Å². The molecule has 12 aromatic heterocycles. The molecule has 10 aromatic carbocycles. The van der Waals surface area contributed by atoms with Crippen molar-refractivity contribution in [2.24, 2.45) is 0 Å². The topological polar surface area (TPSA) is 0 Å². The fraction of sp³-hybridized carbons (Fsp3) is 0.172. The molecule has 26 rings (SSSR count). The molecule has 22 aromatic rings. The van der Waals surface area contributed by atoms with Gasteiger partial charge in [-0.3, -0.25) is 0 Å². The number of aryl methyl sites for hydroxylation is 10. The molecule has 4 aliphatic carbocycles. The zero-order valence-electron chi connectivity index (χ0n) is 77.3. The molecule has 0 bridgehead atoms. The summed E-state index contributed by atoms with van der Waals surface area (Å²) in [4.78, 5) is 23.2. The third kappa shape index (κ3) is 13.5. The molecule has 4 aliphatic rings. The zero-order chi connectivity index (χ0) is 94.1. The van der Waals surface area contributed by atoms with E-state index in [1.54, 1.807) is 106 Å². The second-order valence-electron chi connectivity index (χ2n) is 39.4. The second kappa shape index (κ2) is 33.0. The summed E-state index contributed by atoms with van der Waals surface area (Å²) in [7, 11) is 0. The third-order valence-corrected chi connectivity index (χ3v) is 62.5. The first-order chi connectivity index (χ1) is 65.2. The van der Waals surface area contributed by atoms with E-state index in [0.717, 1.165) is 176 Å². The number of benzene rings is 10. The van der Waals surface area contributed by atoms with E-state index in [4.69, 9.17) is 0 Å². The van der Waals surface area contributed by atoms with E-state index in [-0.39, 0.29) is 23.3 Å². The first-order valence-electron chi connectivity index (χ1n) is 45.5. The molecule has 0 N–H and O–H groups in total. The monoisotopic (exact) mass is 2340 g/mol. The summed E-state index contributed by atoms with van der Waals surface area (Å²) in [5.74, 6) is -1.36. The van der Waals surface area contributed by atoms with Crippen molar-refractivity contribution in [1.29, 1.82) is 0 Å². The van der Waals surface area contributed by atoms with Gasteiger partial charge in [0.25, 0.3) is 0 Å². The molecule has 0 fully saturated rings. The SMILES string of the molecule is Cc1ccc(C2(c3ccc(C)cc3)c3c(F)c4c(c(F)c3-c3sc5cc(Br)sc5c32)C(c2ccc(C)cc2)(c2ccc(C)cc2)c2c-4sc3cc(Br)sc23)cc1.Cc1ccc(C2(c3ccc(C)cc3)c3c(F)c4c(c(F)c3-c3sc5cc(C)sc5c32)C(c2ccc(C)cc2)(c2ccc(C)cc2)c2c-4sc3cc(-c4cc5sc(C)cc5s4)sc23)cc1.[CH3][Sn]([CH3])([CH3])[c]1cc2s[c]([Sn]([CH3])([CH3])[CH3])cc2s1. The Morgan fingerprint density at radius 1 is 0.213 bits per heavy atom. The van der Waals surface area contributed by atoms with Gasteiger partial charge < -0.3 is 0 Å². The van der Waals surface area contributed by atoms with Crippen LogP contribution in [0.1, 0.15) is 143 Å². The van der Waals surface area contributed by atoms with Gasteiger partial charge in [-0.05, 0) is 182 Å². The van der Waals surface area contributed by atoms with Gasteiger partial charge in [-0.25, -0.2) is 17.6 Å². The summed E-state index contributed by atoms with van der Waals surface area (Å²) in [6, 6.07) is 86.4. The normalized spacial score (nSPS) is 14.5. The average molecular weight is 2340 g/mol. The molecule has 0 aliphatic heterocycles. The molecule has 0 spiro atoms. The van der Waals surface area contributed by atoms with Crippen LogP contribution >= 0.6 is 168 Å². The van der Waals surface area contributed by atoms with Gasteiger partial charge in [0.1, 0.15) is 23.3 Å². The molecule has 0 atom stereocenters. The van der Waals surface area contributed by atoms with E-state index in [9.17, 15) is 0 Å². The Balaban J connectivity index is 0.000000129. The number of fused-ring (bicyclic) bond motifs is 22. The predicted molar refractivity (Wildman–Crippen MR) is 602 cm³/mol. The molecule has 0 unspecified atom stereocenters. The van der Waals surface area contributed by atoms with Crippen LogP contribution in [0.5, 0.6) is 0 Å². The summed E-state index contributed by atoms with van der Waals surface area (Å²) >= 11 is 24.9. The van der Waals surface area contributed by atoms with Gasteiger partial charge in [-0.15, -0.1) is 113 Å². The van der Waals surface area contributed by atoms with E-state index >= 15 is 17.6 Å². The summed E-state index contributed by atoms with van der Waals surface area (Å²) in [5, 5.41) is 0. The van der Waals surface area contributed by atoms with E-state index in [1.165, 1.54) is 28.9 Å². The number of hydrogen-bond acceptors (Lipinski definition) is 12. The third-order valence-electron chi connectivity index (χ3n) is 28.3. The van der Waals surface area contributed by atoms with E-state index in [0.29, 0.717) is 44.5 Å². The van der Waals surface area contributed by atoms with Gasteiger partial charge in [-0.1, -0.05) is 239 Å². The Morgan fingerprint density at radius 3 is 0.699 bits per heavy atom. The fourth-order valence-corrected chi connectivity index (χ4v) is 50.2. The van der Waals surface area contributed by atoms with Crippen LogP contribution in [0.15, 0.2) is 250 Å². The summed E-state index contributed by atoms with van der Waals surface area (Å²) in [5.41, 5.74) is 18.9. The first-order valence-corrected chi connectivity index (χ1v) is 76.8. The van der Waals surface area contributed by atoms with Gasteiger partial charge in [0.05, 0.1) is 48.0 Å². The molecule has 0 saturated heterocycles. The number of thiophene rings is 12. The average Bonchev–Trinajstić information content (AvgIpc) is 1.48. The molecule has 0 nitrogen and oxygen atoms in total. The van der Waals surface area contributed by atoms with Crippen molar-refractivity contribution < 1.29 is 17.6 Å². The minimum atomic E-state index is -1.82. The van der Waals surface area contributed by atoms with Crippen LogP contribution in [-0.2, 0) is 21.7 Å². The van der Waals surface area contributed by atoms with Gasteiger partial charge in [0.2, 0.25) is 0 Å². The Labute approximate surface area is 862 Å². The van der Waals surface area contributed by atoms with E-state index in [2.05, 4.69) is 396 Å². The predicted octanol–water partition coefficient (Wildman–Crippen LogP) is 38.1. The van der Waals surface area contributed by atoms with Gasteiger partial charge in [-0.2, -0.15) is 0 Å². The minimum absolute atomic E-state index is 0.331. The van der Waals surface area contributed by atoms with Crippen molar-refractivity contribution in [3.63, 3.8) is 0 Å². The van der Waals surface area contributed by atoms with Crippen molar-refractivity contribution in [3.8, 4) is 51.5 Å². The quantitative estimate of drug-likeness (QED) is 0.0894. The summed E-state index contributed by atoms with van der Waals surface area (Å²) < 4.78 is 97.6. The van der Waals surface area contributed by atoms with Crippen LogP contribution in [0.25, 0.3) is 108 Å². The number of hydrogen-bond donors (Lipinski definition) is 0. The Hall–Kier alpha value is -7.56. The Morgan fingerprint density at radius 2 is 0.426 bits per heavy atom. The van der Waals surface area contributed by atoms with Crippen molar-refractivity contribution in [2.45, 2.75) is 121 Å². The molecule has 0 amide bonds. The Bertz CT molecular complexity index is 8210. The molecular weight excluding hydrogens is 2250 g/mol. The molecule has 12 heterocycles. The summed E-state index contributed by atoms with van der Waals surface area (Å²) in [6.45, 7) is 20.9. The van der Waals surface area contributed by atoms with Crippen LogP contribution < -0.4 is 5.79 Å². The van der Waals surface area contributed by atoms with Crippen molar-refractivity contribution in [2.75, 3.05) is 0 Å². The molecule has 0 saturated carbocycles. The molecule has 0 radical (unpaired) electrons. The van der Waals surface area contributed by atoms with Gasteiger partial charge in [0.15, 0.2) is 0 Å². The number of halogens is 6. The zero-order valence-corrected chi connectivity index (χ0v) is 95.9. The maximum atomic E-state index is 19.7. The van der Waals surface area contributed by atoms with Crippen LogP contribution in [-0.4, -0.2) is 36.8 Å². The first kappa shape index (κ1) is 91.0. The van der Waals surface area contributed by atoms with Crippen LogP contribution in [0.2, 0.25) is 29.6 Å². The molecule has 136 heavy (non-hydrogen) atoms. The van der Waals surface area contributed by atoms with E-state index in [1.807, 2.05) is 22.7 Å². The second-order valence-corrected chi connectivity index (χ2v) is 86.1. The van der Waals surface area contributed by atoms with Gasteiger partial charge in [0, 0.05) is 134 Å². The van der Waals surface area contributed by atoms with Crippen LogP contribution in [0.4, 0.5) is 17.6 Å². The molecular formula is C116H88Br2F4S12Sn2. The standard InChI is InChI=1S/C56H38F2S6.C48H30Br2F2S4.C6H2S2.6CH3.2Sn/c1-27-7-15-33(16-8-27)55(34-17-9-28(2)10-18-34)45-43(53-47(55)51-41(63-53)24-32(6)60-51)49(57)46-44(50(45)58)54-48(56(46,35-19-11-29(3)12-20-35)36-21-13-30(4)14-22-36)52-42(64-54)26-40(62-52)39-25-38-37(61-39)23-31(5)59-38;1-23-5-13-27(14-6-23)47(28-15-7-24(2)8-16-28)37-35(45-39(47)43-31(53-45)21-33(49)55-43)42(52)38-36(41(37)51)46-40(44-32(54-46)22-34(50)56-44)48(38,29-17-9-25(3)10-18-29)30-19-11-26(4)12-20-30;1-3-7-6-2-4-8-5(1)6;;;;;;;;/h7-26H,1-6H3;5-22H,1-4H3;1-2H;6*1H3;;. The van der Waals surface area contributed by atoms with E-state index < -0.39 is 58.4 Å². The Kier molecular flexibility index (Phi) is 22.1. The van der Waals surface area contributed by atoms with Crippen LogP contribution in [0, 0.1) is 92.5 Å². The van der Waals surface area contributed by atoms with Crippen molar-refractivity contribution in [3.05, 3.63) is 417 Å². The molecule has 20 heteroatoms. The van der Waals surface area contributed by atoms with Gasteiger partial charge >= 0.3 is 116 Å².